The molecule has 1 atom stereocenters. The van der Waals surface area contributed by atoms with Crippen LogP contribution in [0.5, 0.6) is 0 Å². The molecular weight excluding hydrogens is 248 g/mol. The Balaban J connectivity index is 1.65. The number of nitrogens with one attached hydrogen (secondary N) is 1. The van der Waals surface area contributed by atoms with Crippen molar-refractivity contribution in [2.45, 2.75) is 45.8 Å². The van der Waals surface area contributed by atoms with Crippen molar-refractivity contribution in [1.29, 1.82) is 0 Å². The summed E-state index contributed by atoms with van der Waals surface area (Å²) in [5, 5.41) is 7.94. The Hall–Kier alpha value is -1.68. The lowest BCUT2D eigenvalue weighted by molar-refractivity contribution is 0.443. The van der Waals surface area contributed by atoms with Crippen molar-refractivity contribution in [3.63, 3.8) is 0 Å². The van der Waals surface area contributed by atoms with Gasteiger partial charge >= 0.3 is 0 Å². The fourth-order valence-electron chi connectivity index (χ4n) is 2.91. The van der Waals surface area contributed by atoms with Gasteiger partial charge in [0, 0.05) is 12.6 Å². The minimum atomic E-state index is 0.454. The molecule has 0 radical (unpaired) electrons. The van der Waals surface area contributed by atoms with E-state index in [0.717, 1.165) is 18.9 Å². The Labute approximate surface area is 120 Å². The minimum absolute atomic E-state index is 0.454. The van der Waals surface area contributed by atoms with Crippen LogP contribution in [0.3, 0.4) is 0 Å². The lowest BCUT2D eigenvalue weighted by Crippen LogP contribution is -2.22. The third kappa shape index (κ3) is 2.75. The molecule has 4 nitrogen and oxygen atoms in total. The molecule has 1 aliphatic carbocycles. The first kappa shape index (κ1) is 13.3. The van der Waals surface area contributed by atoms with E-state index in [4.69, 9.17) is 0 Å². The number of aromatic nitrogens is 3. The number of fused-ring (bicyclic) bond motifs is 1. The molecule has 0 aliphatic heterocycles. The number of nitrogens with zero attached hydrogens (tertiary/aromatic N) is 3. The van der Waals surface area contributed by atoms with Crippen molar-refractivity contribution in [3.8, 4) is 0 Å². The Morgan fingerprint density at radius 1 is 1.35 bits per heavy atom. The molecule has 0 amide bonds. The molecule has 1 heterocycles. The molecule has 0 spiro atoms. The molecule has 0 saturated heterocycles. The summed E-state index contributed by atoms with van der Waals surface area (Å²) in [5.41, 5.74) is 2.93. The van der Waals surface area contributed by atoms with E-state index in [1.165, 1.54) is 24.0 Å². The molecule has 1 aromatic carbocycles. The normalized spacial score (nSPS) is 17.6. The largest absolute Gasteiger partial charge is 0.303 e. The van der Waals surface area contributed by atoms with Crippen LogP contribution in [0.15, 0.2) is 30.6 Å². The van der Waals surface area contributed by atoms with Gasteiger partial charge in [0.05, 0.1) is 6.54 Å². The van der Waals surface area contributed by atoms with E-state index in [1.54, 1.807) is 6.33 Å². The third-order valence-electron chi connectivity index (χ3n) is 3.87. The molecule has 1 aromatic heterocycles. The lowest BCUT2D eigenvalue weighted by atomic mass is 10.1. The lowest BCUT2D eigenvalue weighted by Gasteiger charge is -2.14. The third-order valence-corrected chi connectivity index (χ3v) is 3.87. The second kappa shape index (κ2) is 5.75. The molecular formula is C16H22N4. The summed E-state index contributed by atoms with van der Waals surface area (Å²) in [6.45, 7) is 6.11. The first-order chi connectivity index (χ1) is 9.74. The second-order valence-corrected chi connectivity index (χ2v) is 5.92. The Bertz CT molecular complexity index is 573. The summed E-state index contributed by atoms with van der Waals surface area (Å²) in [6.07, 6.45) is 4.01. The highest BCUT2D eigenvalue weighted by molar-refractivity contribution is 5.34. The maximum atomic E-state index is 4.38. The average molecular weight is 270 g/mol. The molecule has 1 N–H and O–H groups in total. The van der Waals surface area contributed by atoms with Crippen LogP contribution in [0.2, 0.25) is 0 Å². The van der Waals surface area contributed by atoms with E-state index >= 15 is 0 Å². The van der Waals surface area contributed by atoms with E-state index in [9.17, 15) is 0 Å². The van der Waals surface area contributed by atoms with E-state index in [1.807, 2.05) is 4.68 Å². The van der Waals surface area contributed by atoms with Gasteiger partial charge in [-0.1, -0.05) is 38.1 Å². The quantitative estimate of drug-likeness (QED) is 0.908. The molecule has 2 aromatic rings. The van der Waals surface area contributed by atoms with Crippen molar-refractivity contribution < 1.29 is 0 Å². The zero-order valence-corrected chi connectivity index (χ0v) is 12.2. The molecule has 0 saturated carbocycles. The monoisotopic (exact) mass is 270 g/mol. The fourth-order valence-corrected chi connectivity index (χ4v) is 2.91. The highest BCUT2D eigenvalue weighted by Crippen LogP contribution is 2.30. The molecule has 0 fully saturated rings. The van der Waals surface area contributed by atoms with Crippen molar-refractivity contribution in [2.24, 2.45) is 5.92 Å². The highest BCUT2D eigenvalue weighted by Gasteiger charge is 2.21. The molecule has 1 aliphatic rings. The summed E-state index contributed by atoms with van der Waals surface area (Å²) < 4.78 is 2.01. The summed E-state index contributed by atoms with van der Waals surface area (Å²) in [4.78, 5) is 4.38. The van der Waals surface area contributed by atoms with Gasteiger partial charge in [0.2, 0.25) is 0 Å². The van der Waals surface area contributed by atoms with Crippen LogP contribution in [0, 0.1) is 5.92 Å². The van der Waals surface area contributed by atoms with Gasteiger partial charge in [0.15, 0.2) is 0 Å². The van der Waals surface area contributed by atoms with Crippen LogP contribution in [-0.2, 0) is 19.5 Å². The van der Waals surface area contributed by atoms with Crippen LogP contribution >= 0.6 is 0 Å². The van der Waals surface area contributed by atoms with Gasteiger partial charge < -0.3 is 5.32 Å². The maximum absolute atomic E-state index is 4.38. The van der Waals surface area contributed by atoms with Crippen LogP contribution < -0.4 is 5.32 Å². The van der Waals surface area contributed by atoms with Crippen LogP contribution in [0.25, 0.3) is 0 Å². The topological polar surface area (TPSA) is 42.7 Å². The summed E-state index contributed by atoms with van der Waals surface area (Å²) in [5.74, 6) is 1.62. The van der Waals surface area contributed by atoms with E-state index in [-0.39, 0.29) is 0 Å². The average Bonchev–Trinajstić information content (AvgIpc) is 3.02. The van der Waals surface area contributed by atoms with Crippen molar-refractivity contribution in [2.75, 3.05) is 0 Å². The zero-order valence-electron chi connectivity index (χ0n) is 12.2. The van der Waals surface area contributed by atoms with Gasteiger partial charge in [-0.15, -0.1) is 0 Å². The molecule has 0 bridgehead atoms. The Morgan fingerprint density at radius 3 is 3.05 bits per heavy atom. The van der Waals surface area contributed by atoms with Crippen LogP contribution in [0.4, 0.5) is 0 Å². The van der Waals surface area contributed by atoms with E-state index in [0.29, 0.717) is 12.0 Å². The van der Waals surface area contributed by atoms with Crippen molar-refractivity contribution >= 4 is 0 Å². The minimum Gasteiger partial charge on any atom is -0.303 e. The molecule has 4 heteroatoms. The van der Waals surface area contributed by atoms with Crippen molar-refractivity contribution in [3.05, 3.63) is 47.5 Å². The summed E-state index contributed by atoms with van der Waals surface area (Å²) >= 11 is 0. The van der Waals surface area contributed by atoms with Gasteiger partial charge in [-0.3, -0.25) is 0 Å². The number of rotatable bonds is 5. The highest BCUT2D eigenvalue weighted by atomic mass is 15.3. The maximum Gasteiger partial charge on any atom is 0.140 e. The van der Waals surface area contributed by atoms with Gasteiger partial charge in [-0.2, -0.15) is 5.10 Å². The standard InChI is InChI=1S/C16H22N4/c1-12(2)10-20-16(18-11-19-20)9-17-15-8-7-13-5-3-4-6-14(13)15/h3-6,11-12,15,17H,7-10H2,1-2H3. The summed E-state index contributed by atoms with van der Waals surface area (Å²) in [6, 6.07) is 9.17. The second-order valence-electron chi connectivity index (χ2n) is 5.92. The van der Waals surface area contributed by atoms with Gasteiger partial charge in [-0.25, -0.2) is 9.67 Å². The van der Waals surface area contributed by atoms with Crippen LogP contribution in [-0.4, -0.2) is 14.8 Å². The zero-order chi connectivity index (χ0) is 13.9. The van der Waals surface area contributed by atoms with E-state index in [2.05, 4.69) is 53.5 Å². The molecule has 3 rings (SSSR count). The van der Waals surface area contributed by atoms with E-state index < -0.39 is 0 Å². The SMILES string of the molecule is CC(C)Cn1ncnc1CNC1CCc2ccccc21. The van der Waals surface area contributed by atoms with Crippen LogP contribution in [0.1, 0.15) is 43.3 Å². The number of hydrogen-bond acceptors (Lipinski definition) is 3. The Kier molecular flexibility index (Phi) is 3.83. The van der Waals surface area contributed by atoms with Gasteiger partial charge in [-0.05, 0) is 29.9 Å². The molecule has 20 heavy (non-hydrogen) atoms. The first-order valence-corrected chi connectivity index (χ1v) is 7.42. The van der Waals surface area contributed by atoms with Gasteiger partial charge in [0.1, 0.15) is 12.2 Å². The predicted octanol–water partition coefficient (Wildman–Crippen LogP) is 2.71. The molecule has 106 valence electrons. The van der Waals surface area contributed by atoms with Crippen molar-refractivity contribution in [1.82, 2.24) is 20.1 Å². The number of hydrogen-bond donors (Lipinski definition) is 1. The smallest absolute Gasteiger partial charge is 0.140 e. The summed E-state index contributed by atoms with van der Waals surface area (Å²) in [7, 11) is 0. The number of benzene rings is 1. The first-order valence-electron chi connectivity index (χ1n) is 7.42. The molecule has 1 unspecified atom stereocenters. The predicted molar refractivity (Wildman–Crippen MR) is 79.2 cm³/mol. The fraction of sp³-hybridized carbons (Fsp3) is 0.500. The number of aryl methyl sites for hydroxylation is 1. The van der Waals surface area contributed by atoms with Gasteiger partial charge in [0.25, 0.3) is 0 Å². The Morgan fingerprint density at radius 2 is 2.20 bits per heavy atom.